The quantitative estimate of drug-likeness (QED) is 0.853. The number of hydrogen-bond donors (Lipinski definition) is 2. The topological polar surface area (TPSA) is 46.2 Å². The van der Waals surface area contributed by atoms with E-state index in [1.165, 1.54) is 23.9 Å². The maximum atomic E-state index is 12.2. The van der Waals surface area contributed by atoms with Crippen molar-refractivity contribution in [1.29, 1.82) is 0 Å². The summed E-state index contributed by atoms with van der Waals surface area (Å²) in [4.78, 5) is 3.73. The fourth-order valence-corrected chi connectivity index (χ4v) is 3.09. The molecule has 2 aromatic rings. The highest BCUT2D eigenvalue weighted by Crippen LogP contribution is 2.36. The largest absolute Gasteiger partial charge is 0.573 e. The number of hydrogen-bond acceptors (Lipinski definition) is 5. The molecule has 1 aliphatic heterocycles. The molecule has 24 heavy (non-hydrogen) atoms. The minimum atomic E-state index is -4.69. The van der Waals surface area contributed by atoms with Gasteiger partial charge in [0.1, 0.15) is 11.6 Å². The van der Waals surface area contributed by atoms with Crippen LogP contribution in [-0.2, 0) is 0 Å². The molecule has 0 radical (unpaired) electrons. The van der Waals surface area contributed by atoms with Crippen LogP contribution in [0.2, 0.25) is 0 Å². The van der Waals surface area contributed by atoms with E-state index in [0.29, 0.717) is 0 Å². The third kappa shape index (κ3) is 4.14. The number of ether oxygens (including phenoxy) is 1. The number of anilines is 1. The van der Waals surface area contributed by atoms with Crippen LogP contribution in [-0.4, -0.2) is 16.3 Å². The first-order valence-electron chi connectivity index (χ1n) is 7.05. The standard InChI is InChI=1S/C16H14F3N3OS/c1-15(22-14-4-2-3-9-20-14)21-13(10-24-15)11-5-7-12(8-6-11)23-16(17,18)19/h2-10,21H,1H3,(H,20,22). The Bertz CT molecular complexity index is 734. The second kappa shape index (κ2) is 6.27. The number of alkyl halides is 3. The van der Waals surface area contributed by atoms with E-state index >= 15 is 0 Å². The molecule has 2 N–H and O–H groups in total. The van der Waals surface area contributed by atoms with Crippen LogP contribution in [0.5, 0.6) is 5.75 Å². The van der Waals surface area contributed by atoms with Crippen molar-refractivity contribution in [2.75, 3.05) is 5.32 Å². The minimum Gasteiger partial charge on any atom is -0.406 e. The van der Waals surface area contributed by atoms with Gasteiger partial charge < -0.3 is 15.4 Å². The van der Waals surface area contributed by atoms with Gasteiger partial charge in [-0.15, -0.1) is 13.2 Å². The Labute approximate surface area is 141 Å². The van der Waals surface area contributed by atoms with Gasteiger partial charge in [-0.1, -0.05) is 17.8 Å². The number of rotatable bonds is 4. The second-order valence-corrected chi connectivity index (χ2v) is 6.51. The molecule has 2 heterocycles. The monoisotopic (exact) mass is 353 g/mol. The molecular weight excluding hydrogens is 339 g/mol. The van der Waals surface area contributed by atoms with E-state index < -0.39 is 11.4 Å². The molecule has 4 nitrogen and oxygen atoms in total. The lowest BCUT2D eigenvalue weighted by molar-refractivity contribution is -0.274. The summed E-state index contributed by atoms with van der Waals surface area (Å²) in [7, 11) is 0. The Hall–Kier alpha value is -2.35. The highest BCUT2D eigenvalue weighted by atomic mass is 32.2. The van der Waals surface area contributed by atoms with Crippen LogP contribution in [0, 0.1) is 0 Å². The molecule has 1 aliphatic rings. The average molecular weight is 353 g/mol. The summed E-state index contributed by atoms with van der Waals surface area (Å²) in [5, 5.41) is 8.50. The van der Waals surface area contributed by atoms with Crippen molar-refractivity contribution in [2.24, 2.45) is 0 Å². The van der Waals surface area contributed by atoms with E-state index in [-0.39, 0.29) is 5.75 Å². The zero-order chi connectivity index (χ0) is 17.2. The SMILES string of the molecule is CC1(Nc2ccccn2)NC(c2ccc(OC(F)(F)F)cc2)=CS1. The molecule has 126 valence electrons. The van der Waals surface area contributed by atoms with Gasteiger partial charge in [-0.2, -0.15) is 0 Å². The summed E-state index contributed by atoms with van der Waals surface area (Å²) in [6.45, 7) is 1.96. The summed E-state index contributed by atoms with van der Waals surface area (Å²) in [5.41, 5.74) is 1.58. The van der Waals surface area contributed by atoms with E-state index in [4.69, 9.17) is 0 Å². The van der Waals surface area contributed by atoms with E-state index in [1.807, 2.05) is 30.5 Å². The number of nitrogens with zero attached hydrogens (tertiary/aromatic N) is 1. The fourth-order valence-electron chi connectivity index (χ4n) is 2.21. The Morgan fingerprint density at radius 2 is 1.92 bits per heavy atom. The van der Waals surface area contributed by atoms with Gasteiger partial charge in [0.2, 0.25) is 0 Å². The molecule has 0 aliphatic carbocycles. The fraction of sp³-hybridized carbons (Fsp3) is 0.188. The molecular formula is C16H14F3N3OS. The predicted octanol–water partition coefficient (Wildman–Crippen LogP) is 4.40. The van der Waals surface area contributed by atoms with Gasteiger partial charge in [0.15, 0.2) is 4.99 Å². The number of aromatic nitrogens is 1. The van der Waals surface area contributed by atoms with Crippen molar-refractivity contribution in [3.8, 4) is 5.75 Å². The molecule has 0 amide bonds. The maximum Gasteiger partial charge on any atom is 0.573 e. The third-order valence-electron chi connectivity index (χ3n) is 3.22. The maximum absolute atomic E-state index is 12.2. The van der Waals surface area contributed by atoms with E-state index in [2.05, 4.69) is 20.4 Å². The number of thioether (sulfide) groups is 1. The van der Waals surface area contributed by atoms with Crippen molar-refractivity contribution < 1.29 is 17.9 Å². The molecule has 1 aromatic carbocycles. The van der Waals surface area contributed by atoms with Crippen LogP contribution in [0.15, 0.2) is 54.1 Å². The third-order valence-corrected chi connectivity index (χ3v) is 4.25. The minimum absolute atomic E-state index is 0.244. The molecule has 0 saturated heterocycles. The van der Waals surface area contributed by atoms with Gasteiger partial charge >= 0.3 is 6.36 Å². The summed E-state index contributed by atoms with van der Waals surface area (Å²) in [5.74, 6) is 0.482. The summed E-state index contributed by atoms with van der Waals surface area (Å²) in [6.07, 6.45) is -2.99. The van der Waals surface area contributed by atoms with Crippen molar-refractivity contribution in [3.63, 3.8) is 0 Å². The van der Waals surface area contributed by atoms with E-state index in [9.17, 15) is 13.2 Å². The first-order chi connectivity index (χ1) is 11.3. The van der Waals surface area contributed by atoms with Gasteiger partial charge in [-0.3, -0.25) is 0 Å². The summed E-state index contributed by atoms with van der Waals surface area (Å²) in [6, 6.07) is 11.3. The van der Waals surface area contributed by atoms with Crippen LogP contribution in [0.3, 0.4) is 0 Å². The van der Waals surface area contributed by atoms with Crippen LogP contribution < -0.4 is 15.4 Å². The highest BCUT2D eigenvalue weighted by molar-refractivity contribution is 8.04. The molecule has 1 aromatic heterocycles. The highest BCUT2D eigenvalue weighted by Gasteiger charge is 2.32. The van der Waals surface area contributed by atoms with Crippen LogP contribution in [0.25, 0.3) is 5.70 Å². The second-order valence-electron chi connectivity index (χ2n) is 5.22. The Morgan fingerprint density at radius 1 is 1.17 bits per heavy atom. The number of benzene rings is 1. The summed E-state index contributed by atoms with van der Waals surface area (Å²) < 4.78 is 40.4. The van der Waals surface area contributed by atoms with Gasteiger partial charge in [-0.05, 0) is 54.3 Å². The number of nitrogens with one attached hydrogen (secondary N) is 2. The summed E-state index contributed by atoms with van der Waals surface area (Å²) >= 11 is 1.52. The van der Waals surface area contributed by atoms with Crippen molar-refractivity contribution in [1.82, 2.24) is 10.3 Å². The van der Waals surface area contributed by atoms with Gasteiger partial charge in [0, 0.05) is 6.20 Å². The molecule has 1 atom stereocenters. The molecule has 1 unspecified atom stereocenters. The molecule has 0 fully saturated rings. The smallest absolute Gasteiger partial charge is 0.406 e. The van der Waals surface area contributed by atoms with Gasteiger partial charge in [0.25, 0.3) is 0 Å². The Morgan fingerprint density at radius 3 is 2.54 bits per heavy atom. The first-order valence-corrected chi connectivity index (χ1v) is 7.93. The lowest BCUT2D eigenvalue weighted by Crippen LogP contribution is -2.42. The van der Waals surface area contributed by atoms with Crippen molar-refractivity contribution >= 4 is 23.3 Å². The average Bonchev–Trinajstić information content (AvgIpc) is 2.89. The van der Waals surface area contributed by atoms with Gasteiger partial charge in [-0.25, -0.2) is 4.98 Å². The van der Waals surface area contributed by atoms with Crippen LogP contribution in [0.1, 0.15) is 12.5 Å². The zero-order valence-electron chi connectivity index (χ0n) is 12.6. The first kappa shape index (κ1) is 16.5. The van der Waals surface area contributed by atoms with Gasteiger partial charge in [0.05, 0.1) is 5.70 Å². The molecule has 3 rings (SSSR count). The lowest BCUT2D eigenvalue weighted by atomic mass is 10.1. The lowest BCUT2D eigenvalue weighted by Gasteiger charge is -2.27. The Balaban J connectivity index is 1.66. The van der Waals surface area contributed by atoms with Crippen LogP contribution >= 0.6 is 11.8 Å². The number of pyridine rings is 1. The van der Waals surface area contributed by atoms with Crippen LogP contribution in [0.4, 0.5) is 19.0 Å². The molecule has 0 bridgehead atoms. The van der Waals surface area contributed by atoms with Crippen molar-refractivity contribution in [2.45, 2.75) is 18.3 Å². The predicted molar refractivity (Wildman–Crippen MR) is 88.1 cm³/mol. The molecule has 8 heteroatoms. The van der Waals surface area contributed by atoms with Crippen molar-refractivity contribution in [3.05, 3.63) is 59.6 Å². The Kier molecular flexibility index (Phi) is 4.31. The number of halogens is 3. The van der Waals surface area contributed by atoms with E-state index in [1.54, 1.807) is 18.3 Å². The molecule has 0 spiro atoms. The molecule has 0 saturated carbocycles. The zero-order valence-corrected chi connectivity index (χ0v) is 13.4. The van der Waals surface area contributed by atoms with E-state index in [0.717, 1.165) is 17.1 Å². The normalized spacial score (nSPS) is 20.2.